The van der Waals surface area contributed by atoms with Crippen LogP contribution in [-0.2, 0) is 4.79 Å². The van der Waals surface area contributed by atoms with Gasteiger partial charge in [0, 0.05) is 18.3 Å². The highest BCUT2D eigenvalue weighted by molar-refractivity contribution is 5.77. The summed E-state index contributed by atoms with van der Waals surface area (Å²) in [6.45, 7) is 0.0365. The number of ether oxygens (including phenoxy) is 1. The van der Waals surface area contributed by atoms with Crippen LogP contribution in [0.4, 0.5) is 18.9 Å². The summed E-state index contributed by atoms with van der Waals surface area (Å²) in [5.74, 6) is -2.20. The maximum Gasteiger partial charge on any atom is 0.573 e. The Labute approximate surface area is 130 Å². The number of aliphatic carboxylic acids is 1. The van der Waals surface area contributed by atoms with Crippen LogP contribution in [0.5, 0.6) is 5.75 Å². The third-order valence-corrected chi connectivity index (χ3v) is 3.08. The Morgan fingerprint density at radius 1 is 1.13 bits per heavy atom. The number of hydrogen-bond acceptors (Lipinski definition) is 3. The number of nitrogens with one attached hydrogen (secondary N) is 1. The van der Waals surface area contributed by atoms with E-state index in [-0.39, 0.29) is 12.3 Å². The molecule has 2 N–H and O–H groups in total. The van der Waals surface area contributed by atoms with Gasteiger partial charge in [-0.3, -0.25) is 4.79 Å². The molecule has 4 nitrogen and oxygen atoms in total. The molecule has 2 aromatic rings. The van der Waals surface area contributed by atoms with Crippen molar-refractivity contribution in [3.8, 4) is 5.75 Å². The van der Waals surface area contributed by atoms with E-state index in [1.54, 1.807) is 30.3 Å². The lowest BCUT2D eigenvalue weighted by Gasteiger charge is -2.15. The maximum absolute atomic E-state index is 12.2. The lowest BCUT2D eigenvalue weighted by Crippen LogP contribution is -2.21. The van der Waals surface area contributed by atoms with Gasteiger partial charge in [-0.05, 0) is 17.7 Å². The Kier molecular flexibility index (Phi) is 5.10. The zero-order valence-electron chi connectivity index (χ0n) is 11.9. The summed E-state index contributed by atoms with van der Waals surface area (Å²) < 4.78 is 40.4. The molecular formula is C16H14F3NO3. The summed E-state index contributed by atoms with van der Waals surface area (Å²) in [6.07, 6.45) is -4.77. The van der Waals surface area contributed by atoms with Gasteiger partial charge in [-0.1, -0.05) is 36.4 Å². The molecule has 0 fully saturated rings. The fourth-order valence-electron chi connectivity index (χ4n) is 2.06. The van der Waals surface area contributed by atoms with E-state index in [9.17, 15) is 23.1 Å². The molecule has 0 aliphatic carbocycles. The average Bonchev–Trinajstić information content (AvgIpc) is 2.47. The quantitative estimate of drug-likeness (QED) is 0.846. The molecule has 0 radical (unpaired) electrons. The number of alkyl halides is 3. The molecule has 1 atom stereocenters. The average molecular weight is 325 g/mol. The summed E-state index contributed by atoms with van der Waals surface area (Å²) >= 11 is 0. The van der Waals surface area contributed by atoms with Crippen molar-refractivity contribution < 1.29 is 27.8 Å². The predicted octanol–water partition coefficient (Wildman–Crippen LogP) is 3.87. The predicted molar refractivity (Wildman–Crippen MR) is 78.4 cm³/mol. The van der Waals surface area contributed by atoms with Crippen LogP contribution >= 0.6 is 0 Å². The lowest BCUT2D eigenvalue weighted by atomic mass is 9.99. The number of anilines is 1. The Bertz CT molecular complexity index is 659. The number of halogens is 3. The molecule has 0 spiro atoms. The molecule has 7 heteroatoms. The SMILES string of the molecule is O=C(O)C(CNc1cccc(OC(F)(F)F)c1)c1ccccc1. The molecule has 2 aromatic carbocycles. The first-order valence-corrected chi connectivity index (χ1v) is 6.72. The van der Waals surface area contributed by atoms with Gasteiger partial charge in [-0.15, -0.1) is 13.2 Å². The van der Waals surface area contributed by atoms with E-state index in [1.165, 1.54) is 18.2 Å². The summed E-state index contributed by atoms with van der Waals surface area (Å²) in [5.41, 5.74) is 0.948. The van der Waals surface area contributed by atoms with Crippen molar-refractivity contribution in [2.75, 3.05) is 11.9 Å². The zero-order chi connectivity index (χ0) is 16.9. The van der Waals surface area contributed by atoms with Crippen LogP contribution < -0.4 is 10.1 Å². The van der Waals surface area contributed by atoms with Gasteiger partial charge in [0.2, 0.25) is 0 Å². The van der Waals surface area contributed by atoms with Crippen molar-refractivity contribution in [3.63, 3.8) is 0 Å². The van der Waals surface area contributed by atoms with Crippen LogP contribution in [0.3, 0.4) is 0 Å². The number of carbonyl (C=O) groups is 1. The molecule has 0 aromatic heterocycles. The Morgan fingerprint density at radius 2 is 1.83 bits per heavy atom. The largest absolute Gasteiger partial charge is 0.573 e. The van der Waals surface area contributed by atoms with Gasteiger partial charge in [-0.2, -0.15) is 0 Å². The first kappa shape index (κ1) is 16.7. The number of hydrogen-bond donors (Lipinski definition) is 2. The van der Waals surface area contributed by atoms with Gasteiger partial charge < -0.3 is 15.2 Å². The standard InChI is InChI=1S/C16H14F3NO3/c17-16(18,19)23-13-8-4-7-12(9-13)20-10-14(15(21)22)11-5-2-1-3-6-11/h1-9,14,20H,10H2,(H,21,22). The van der Waals surface area contributed by atoms with E-state index in [0.717, 1.165) is 6.07 Å². The second-order valence-electron chi connectivity index (χ2n) is 4.76. The van der Waals surface area contributed by atoms with E-state index >= 15 is 0 Å². The first-order valence-electron chi connectivity index (χ1n) is 6.72. The number of rotatable bonds is 6. The minimum Gasteiger partial charge on any atom is -0.481 e. The first-order chi connectivity index (χ1) is 10.8. The van der Waals surface area contributed by atoms with Crippen molar-refractivity contribution in [3.05, 3.63) is 60.2 Å². The molecule has 2 rings (SSSR count). The number of carboxylic acids is 1. The van der Waals surface area contributed by atoms with E-state index in [4.69, 9.17) is 0 Å². The fraction of sp³-hybridized carbons (Fsp3) is 0.188. The minimum absolute atomic E-state index is 0.0365. The summed E-state index contributed by atoms with van der Waals surface area (Å²) in [5, 5.41) is 12.1. The number of benzene rings is 2. The zero-order valence-corrected chi connectivity index (χ0v) is 11.9. The Morgan fingerprint density at radius 3 is 2.43 bits per heavy atom. The van der Waals surface area contributed by atoms with Crippen molar-refractivity contribution >= 4 is 11.7 Å². The van der Waals surface area contributed by atoms with Gasteiger partial charge >= 0.3 is 12.3 Å². The molecule has 0 saturated carbocycles. The van der Waals surface area contributed by atoms with E-state index in [2.05, 4.69) is 10.1 Å². The highest BCUT2D eigenvalue weighted by Gasteiger charge is 2.31. The lowest BCUT2D eigenvalue weighted by molar-refractivity contribution is -0.274. The van der Waals surface area contributed by atoms with Crippen LogP contribution in [-0.4, -0.2) is 24.0 Å². The van der Waals surface area contributed by atoms with Crippen LogP contribution in [0.25, 0.3) is 0 Å². The normalized spacial score (nSPS) is 12.5. The second kappa shape index (κ2) is 7.04. The maximum atomic E-state index is 12.2. The topological polar surface area (TPSA) is 58.6 Å². The highest BCUT2D eigenvalue weighted by atomic mass is 19.4. The molecule has 0 heterocycles. The minimum atomic E-state index is -4.77. The van der Waals surface area contributed by atoms with E-state index < -0.39 is 18.2 Å². The molecular weight excluding hydrogens is 311 g/mol. The van der Waals surface area contributed by atoms with Crippen molar-refractivity contribution in [2.45, 2.75) is 12.3 Å². The van der Waals surface area contributed by atoms with Crippen LogP contribution in [0.15, 0.2) is 54.6 Å². The van der Waals surface area contributed by atoms with Crippen LogP contribution in [0.2, 0.25) is 0 Å². The van der Waals surface area contributed by atoms with Crippen LogP contribution in [0, 0.1) is 0 Å². The van der Waals surface area contributed by atoms with E-state index in [0.29, 0.717) is 11.3 Å². The molecule has 23 heavy (non-hydrogen) atoms. The van der Waals surface area contributed by atoms with Crippen molar-refractivity contribution in [1.29, 1.82) is 0 Å². The molecule has 0 bridgehead atoms. The third kappa shape index (κ3) is 5.21. The number of carboxylic acid groups (broad SMARTS) is 1. The van der Waals surface area contributed by atoms with Gasteiger partial charge in [0.05, 0.1) is 5.92 Å². The van der Waals surface area contributed by atoms with Gasteiger partial charge in [0.1, 0.15) is 5.75 Å². The van der Waals surface area contributed by atoms with Gasteiger partial charge in [0.25, 0.3) is 0 Å². The van der Waals surface area contributed by atoms with E-state index in [1.807, 2.05) is 0 Å². The fourth-order valence-corrected chi connectivity index (χ4v) is 2.06. The third-order valence-electron chi connectivity index (χ3n) is 3.08. The molecule has 0 amide bonds. The Balaban J connectivity index is 2.07. The second-order valence-corrected chi connectivity index (χ2v) is 4.76. The summed E-state index contributed by atoms with van der Waals surface area (Å²) in [4.78, 5) is 11.4. The summed E-state index contributed by atoms with van der Waals surface area (Å²) in [6, 6.07) is 13.9. The summed E-state index contributed by atoms with van der Waals surface area (Å²) in [7, 11) is 0. The van der Waals surface area contributed by atoms with Crippen molar-refractivity contribution in [2.24, 2.45) is 0 Å². The molecule has 0 aliphatic rings. The van der Waals surface area contributed by atoms with Gasteiger partial charge in [-0.25, -0.2) is 0 Å². The molecule has 122 valence electrons. The smallest absolute Gasteiger partial charge is 0.481 e. The monoisotopic (exact) mass is 325 g/mol. The van der Waals surface area contributed by atoms with Gasteiger partial charge in [0.15, 0.2) is 0 Å². The van der Waals surface area contributed by atoms with Crippen LogP contribution in [0.1, 0.15) is 11.5 Å². The highest BCUT2D eigenvalue weighted by Crippen LogP contribution is 2.25. The molecule has 1 unspecified atom stereocenters. The molecule has 0 aliphatic heterocycles. The Hall–Kier alpha value is -2.70. The molecule has 0 saturated heterocycles. The van der Waals surface area contributed by atoms with Crippen molar-refractivity contribution in [1.82, 2.24) is 0 Å².